The van der Waals surface area contributed by atoms with Crippen LogP contribution in [0.3, 0.4) is 0 Å². The van der Waals surface area contributed by atoms with Crippen LogP contribution >= 0.6 is 0 Å². The summed E-state index contributed by atoms with van der Waals surface area (Å²) in [7, 11) is 0. The summed E-state index contributed by atoms with van der Waals surface area (Å²) in [6.45, 7) is 1.79. The lowest BCUT2D eigenvalue weighted by Crippen LogP contribution is -2.53. The van der Waals surface area contributed by atoms with Crippen LogP contribution < -0.4 is 5.73 Å². The highest BCUT2D eigenvalue weighted by molar-refractivity contribution is 5.78. The standard InChI is InChI=1S/C18H26N2O3/c1-12(19)20-14-7-8-15(20)10-16(9-14)23-18(22)17(11-21)13-5-3-2-4-6-13/h2-6,12,14-17,21H,7-11,19H2,1H3. The molecule has 4 unspecified atom stereocenters. The van der Waals surface area contributed by atoms with Gasteiger partial charge in [-0.1, -0.05) is 30.3 Å². The Labute approximate surface area is 137 Å². The van der Waals surface area contributed by atoms with E-state index in [9.17, 15) is 9.90 Å². The van der Waals surface area contributed by atoms with Crippen LogP contribution in [-0.2, 0) is 9.53 Å². The quantitative estimate of drug-likeness (QED) is 0.807. The number of aliphatic hydroxyl groups is 1. The van der Waals surface area contributed by atoms with Crippen LogP contribution in [0.5, 0.6) is 0 Å². The summed E-state index contributed by atoms with van der Waals surface area (Å²) in [5.41, 5.74) is 6.87. The number of hydrogen-bond acceptors (Lipinski definition) is 5. The largest absolute Gasteiger partial charge is 0.462 e. The molecule has 1 aromatic carbocycles. The Bertz CT molecular complexity index is 520. The van der Waals surface area contributed by atoms with Crippen LogP contribution in [0.4, 0.5) is 0 Å². The number of piperidine rings is 1. The maximum atomic E-state index is 12.5. The number of hydrogen-bond donors (Lipinski definition) is 2. The molecule has 2 saturated heterocycles. The van der Waals surface area contributed by atoms with Crippen LogP contribution in [0.25, 0.3) is 0 Å². The predicted octanol–water partition coefficient (Wildman–Crippen LogP) is 1.61. The highest BCUT2D eigenvalue weighted by Crippen LogP contribution is 2.38. The molecule has 2 aliphatic rings. The van der Waals surface area contributed by atoms with Gasteiger partial charge in [0.25, 0.3) is 0 Å². The second kappa shape index (κ2) is 6.99. The molecule has 0 saturated carbocycles. The fraction of sp³-hybridized carbons (Fsp3) is 0.611. The van der Waals surface area contributed by atoms with Crippen molar-refractivity contribution in [1.82, 2.24) is 4.90 Å². The third kappa shape index (κ3) is 3.42. The van der Waals surface area contributed by atoms with E-state index in [0.29, 0.717) is 12.1 Å². The molecule has 2 aliphatic heterocycles. The molecule has 5 heteroatoms. The van der Waals surface area contributed by atoms with Gasteiger partial charge >= 0.3 is 5.97 Å². The van der Waals surface area contributed by atoms with Crippen molar-refractivity contribution in [3.63, 3.8) is 0 Å². The van der Waals surface area contributed by atoms with Gasteiger partial charge in [0.2, 0.25) is 0 Å². The average molecular weight is 318 g/mol. The second-order valence-corrected chi connectivity index (χ2v) is 6.75. The minimum absolute atomic E-state index is 0.0543. The Morgan fingerprint density at radius 3 is 2.43 bits per heavy atom. The van der Waals surface area contributed by atoms with E-state index in [4.69, 9.17) is 10.5 Å². The number of carbonyl (C=O) groups excluding carboxylic acids is 1. The van der Waals surface area contributed by atoms with Gasteiger partial charge in [0.1, 0.15) is 12.0 Å². The molecule has 3 rings (SSSR count). The van der Waals surface area contributed by atoms with Crippen molar-refractivity contribution in [2.45, 2.75) is 62.9 Å². The van der Waals surface area contributed by atoms with Gasteiger partial charge in [-0.25, -0.2) is 0 Å². The van der Waals surface area contributed by atoms with E-state index in [1.54, 1.807) is 0 Å². The first kappa shape index (κ1) is 16.4. The second-order valence-electron chi connectivity index (χ2n) is 6.75. The van der Waals surface area contributed by atoms with Gasteiger partial charge in [-0.05, 0) is 25.3 Å². The molecular formula is C18H26N2O3. The molecule has 5 nitrogen and oxygen atoms in total. The molecule has 126 valence electrons. The maximum Gasteiger partial charge on any atom is 0.316 e. The first-order chi connectivity index (χ1) is 11.1. The number of ether oxygens (including phenoxy) is 1. The van der Waals surface area contributed by atoms with Crippen molar-refractivity contribution < 1.29 is 14.6 Å². The molecule has 2 heterocycles. The fourth-order valence-corrected chi connectivity index (χ4v) is 4.17. The van der Waals surface area contributed by atoms with Crippen molar-refractivity contribution in [3.8, 4) is 0 Å². The van der Waals surface area contributed by atoms with E-state index in [2.05, 4.69) is 4.90 Å². The zero-order chi connectivity index (χ0) is 16.4. The lowest BCUT2D eigenvalue weighted by molar-refractivity contribution is -0.156. The molecule has 2 bridgehead atoms. The lowest BCUT2D eigenvalue weighted by Gasteiger charge is -2.40. The van der Waals surface area contributed by atoms with Gasteiger partial charge in [-0.15, -0.1) is 0 Å². The zero-order valence-electron chi connectivity index (χ0n) is 13.6. The van der Waals surface area contributed by atoms with Crippen LogP contribution in [0, 0.1) is 0 Å². The smallest absolute Gasteiger partial charge is 0.316 e. The molecule has 2 fully saturated rings. The van der Waals surface area contributed by atoms with Crippen molar-refractivity contribution in [2.24, 2.45) is 5.73 Å². The van der Waals surface area contributed by atoms with Crippen LogP contribution in [0.1, 0.15) is 44.1 Å². The highest BCUT2D eigenvalue weighted by atomic mass is 16.5. The molecule has 0 radical (unpaired) electrons. The van der Waals surface area contributed by atoms with Crippen LogP contribution in [0.15, 0.2) is 30.3 Å². The minimum Gasteiger partial charge on any atom is -0.462 e. The summed E-state index contributed by atoms with van der Waals surface area (Å²) < 4.78 is 5.74. The van der Waals surface area contributed by atoms with E-state index < -0.39 is 5.92 Å². The topological polar surface area (TPSA) is 75.8 Å². The number of rotatable bonds is 5. The molecule has 4 atom stereocenters. The van der Waals surface area contributed by atoms with Crippen molar-refractivity contribution in [3.05, 3.63) is 35.9 Å². The molecule has 0 amide bonds. The van der Waals surface area contributed by atoms with E-state index in [1.165, 1.54) is 0 Å². The normalized spacial score (nSPS) is 30.0. The Morgan fingerprint density at radius 1 is 1.30 bits per heavy atom. The van der Waals surface area contributed by atoms with Gasteiger partial charge in [-0.2, -0.15) is 0 Å². The van der Waals surface area contributed by atoms with E-state index in [-0.39, 0.29) is 24.8 Å². The molecule has 0 aliphatic carbocycles. The summed E-state index contributed by atoms with van der Waals surface area (Å²) in [6.07, 6.45) is 3.93. The highest BCUT2D eigenvalue weighted by Gasteiger charge is 2.43. The summed E-state index contributed by atoms with van der Waals surface area (Å²) in [6, 6.07) is 10.2. The van der Waals surface area contributed by atoms with Crippen molar-refractivity contribution >= 4 is 5.97 Å². The number of benzene rings is 1. The predicted molar refractivity (Wildman–Crippen MR) is 87.7 cm³/mol. The molecule has 3 N–H and O–H groups in total. The first-order valence-electron chi connectivity index (χ1n) is 8.49. The van der Waals surface area contributed by atoms with Crippen molar-refractivity contribution in [2.75, 3.05) is 6.61 Å². The van der Waals surface area contributed by atoms with Gasteiger partial charge in [0.15, 0.2) is 0 Å². The molecule has 23 heavy (non-hydrogen) atoms. The zero-order valence-corrected chi connectivity index (χ0v) is 13.6. The number of carbonyl (C=O) groups is 1. The minimum atomic E-state index is -0.597. The fourth-order valence-electron chi connectivity index (χ4n) is 4.17. The SMILES string of the molecule is CC(N)N1C2CCC1CC(OC(=O)C(CO)c1ccccc1)C2. The molecule has 1 aromatic rings. The maximum absolute atomic E-state index is 12.5. The monoisotopic (exact) mass is 318 g/mol. The summed E-state index contributed by atoms with van der Waals surface area (Å²) in [5, 5.41) is 9.58. The molecular weight excluding hydrogens is 292 g/mol. The third-order valence-corrected chi connectivity index (χ3v) is 5.17. The van der Waals surface area contributed by atoms with E-state index >= 15 is 0 Å². The van der Waals surface area contributed by atoms with Gasteiger partial charge in [-0.3, -0.25) is 9.69 Å². The lowest BCUT2D eigenvalue weighted by atomic mass is 9.97. The first-order valence-corrected chi connectivity index (χ1v) is 8.49. The number of nitrogens with two attached hydrogens (primary N) is 1. The Hall–Kier alpha value is -1.43. The number of fused-ring (bicyclic) bond motifs is 2. The summed E-state index contributed by atoms with van der Waals surface area (Å²) in [4.78, 5) is 14.8. The van der Waals surface area contributed by atoms with E-state index in [0.717, 1.165) is 31.2 Å². The van der Waals surface area contributed by atoms with Crippen LogP contribution in [0.2, 0.25) is 0 Å². The van der Waals surface area contributed by atoms with Crippen molar-refractivity contribution in [1.29, 1.82) is 0 Å². The third-order valence-electron chi connectivity index (χ3n) is 5.17. The summed E-state index contributed by atoms with van der Waals surface area (Å²) >= 11 is 0. The number of aliphatic hydroxyl groups excluding tert-OH is 1. The average Bonchev–Trinajstić information content (AvgIpc) is 2.81. The summed E-state index contributed by atoms with van der Waals surface area (Å²) in [5.74, 6) is -0.919. The Balaban J connectivity index is 1.63. The molecule has 0 aromatic heterocycles. The van der Waals surface area contributed by atoms with Gasteiger partial charge in [0, 0.05) is 24.9 Å². The number of nitrogens with zero attached hydrogens (tertiary/aromatic N) is 1. The Kier molecular flexibility index (Phi) is 4.99. The number of esters is 1. The van der Waals surface area contributed by atoms with E-state index in [1.807, 2.05) is 37.3 Å². The Morgan fingerprint density at radius 2 is 1.91 bits per heavy atom. The molecule has 0 spiro atoms. The van der Waals surface area contributed by atoms with Crippen LogP contribution in [-0.4, -0.2) is 46.9 Å². The van der Waals surface area contributed by atoms with Gasteiger partial charge in [0.05, 0.1) is 12.8 Å². The van der Waals surface area contributed by atoms with Gasteiger partial charge < -0.3 is 15.6 Å².